The second kappa shape index (κ2) is 10.5. The van der Waals surface area contributed by atoms with Crippen LogP contribution in [0.1, 0.15) is 61.6 Å². The lowest BCUT2D eigenvalue weighted by Crippen LogP contribution is -2.07. The van der Waals surface area contributed by atoms with E-state index in [-0.39, 0.29) is 10.8 Å². The molecule has 1 N–H and O–H groups in total. The first-order chi connectivity index (χ1) is 15.6. The summed E-state index contributed by atoms with van der Waals surface area (Å²) in [6.45, 7) is 11.1. The highest BCUT2D eigenvalue weighted by Crippen LogP contribution is 2.38. The van der Waals surface area contributed by atoms with E-state index in [4.69, 9.17) is 5.41 Å². The van der Waals surface area contributed by atoms with Gasteiger partial charge in [-0.2, -0.15) is 0 Å². The molecule has 1 nitrogen and oxygen atoms in total. The van der Waals surface area contributed by atoms with Gasteiger partial charge in [-0.3, -0.25) is 0 Å². The number of hydrogen-bond donors (Lipinski definition) is 1. The van der Waals surface area contributed by atoms with Crippen LogP contribution >= 0.6 is 11.8 Å². The van der Waals surface area contributed by atoms with Crippen molar-refractivity contribution in [3.05, 3.63) is 106 Å². The van der Waals surface area contributed by atoms with E-state index < -0.39 is 5.92 Å². The molecule has 1 aliphatic rings. The average molecular weight is 464 g/mol. The third-order valence-electron chi connectivity index (χ3n) is 5.69. The van der Waals surface area contributed by atoms with Crippen LogP contribution in [0.5, 0.6) is 0 Å². The van der Waals surface area contributed by atoms with E-state index in [9.17, 15) is 8.78 Å². The Kier molecular flexibility index (Phi) is 7.91. The molecule has 0 fully saturated rings. The van der Waals surface area contributed by atoms with Crippen LogP contribution in [0.4, 0.5) is 8.78 Å². The molecule has 1 atom stereocenters. The van der Waals surface area contributed by atoms with Crippen LogP contribution in [0, 0.1) is 11.3 Å². The van der Waals surface area contributed by atoms with Crippen molar-refractivity contribution in [3.8, 4) is 0 Å². The number of rotatable bonds is 8. The first kappa shape index (κ1) is 24.9. The lowest BCUT2D eigenvalue weighted by molar-refractivity contribution is 0.0175. The summed E-state index contributed by atoms with van der Waals surface area (Å²) in [7, 11) is 0. The lowest BCUT2D eigenvalue weighted by atomic mass is 9.89. The van der Waals surface area contributed by atoms with Gasteiger partial charge < -0.3 is 5.41 Å². The monoisotopic (exact) mass is 463 g/mol. The zero-order valence-electron chi connectivity index (χ0n) is 19.7. The highest BCUT2D eigenvalue weighted by atomic mass is 32.2. The number of hydrogen-bond acceptors (Lipinski definition) is 2. The highest BCUT2D eigenvalue weighted by molar-refractivity contribution is 8.02. The number of thioether (sulfide) groups is 1. The second-order valence-corrected chi connectivity index (χ2v) is 10.0. The van der Waals surface area contributed by atoms with Crippen LogP contribution in [0.3, 0.4) is 0 Å². The molecule has 1 aliphatic carbocycles. The molecule has 0 saturated heterocycles. The molecule has 0 aliphatic heterocycles. The van der Waals surface area contributed by atoms with E-state index >= 15 is 0 Å². The van der Waals surface area contributed by atoms with Gasteiger partial charge in [-0.15, -0.1) is 11.8 Å². The summed E-state index contributed by atoms with van der Waals surface area (Å²) in [5.41, 5.74) is 6.44. The Morgan fingerprint density at radius 2 is 1.67 bits per heavy atom. The molecule has 0 aromatic heterocycles. The van der Waals surface area contributed by atoms with Gasteiger partial charge in [0.05, 0.1) is 5.71 Å². The molecule has 4 heteroatoms. The Hall–Kier alpha value is -2.72. The molecule has 0 bridgehead atoms. The van der Waals surface area contributed by atoms with Gasteiger partial charge >= 0.3 is 0 Å². The molecule has 0 amide bonds. The Morgan fingerprint density at radius 1 is 1.03 bits per heavy atom. The third-order valence-corrected chi connectivity index (χ3v) is 6.87. The van der Waals surface area contributed by atoms with Gasteiger partial charge in [-0.25, -0.2) is 8.78 Å². The Labute approximate surface area is 200 Å². The largest absolute Gasteiger partial charge is 0.300 e. The standard InChI is InChI=1S/C29H31F2NS/c1-6-21-7-9-23(10-8-21)28(15-19(2)3)33-18-24-17-26(20(4)16-27(24)32)22-11-13-25(14-12-22)29(5,30)31/h6-14,16-19,28,32H,1,15H2,2-5H3/b24-18-,32-27?. The predicted molar refractivity (Wildman–Crippen MR) is 140 cm³/mol. The van der Waals surface area contributed by atoms with Crippen molar-refractivity contribution >= 4 is 29.1 Å². The lowest BCUT2D eigenvalue weighted by Gasteiger charge is -2.20. The number of alkyl halides is 2. The summed E-state index contributed by atoms with van der Waals surface area (Å²) < 4.78 is 27.2. The number of allylic oxidation sites excluding steroid dienone is 5. The Bertz CT molecular complexity index is 1100. The van der Waals surface area contributed by atoms with E-state index in [0.29, 0.717) is 11.6 Å². The van der Waals surface area contributed by atoms with Crippen molar-refractivity contribution in [3.63, 3.8) is 0 Å². The van der Waals surface area contributed by atoms with Gasteiger partial charge in [0, 0.05) is 23.3 Å². The van der Waals surface area contributed by atoms with E-state index in [1.54, 1.807) is 23.9 Å². The Balaban J connectivity index is 1.89. The maximum Gasteiger partial charge on any atom is 0.270 e. The summed E-state index contributed by atoms with van der Waals surface area (Å²) in [6.07, 6.45) is 6.71. The molecule has 2 aromatic rings. The maximum atomic E-state index is 13.6. The van der Waals surface area contributed by atoms with Crippen LogP contribution < -0.4 is 0 Å². The first-order valence-corrected chi connectivity index (χ1v) is 12.1. The fraction of sp³-hybridized carbons (Fsp3) is 0.276. The molecular weight excluding hydrogens is 432 g/mol. The van der Waals surface area contributed by atoms with Crippen molar-refractivity contribution < 1.29 is 8.78 Å². The normalized spacial score (nSPS) is 16.6. The molecule has 0 saturated carbocycles. The molecule has 1 unspecified atom stereocenters. The minimum absolute atomic E-state index is 0.00218. The Morgan fingerprint density at radius 3 is 2.21 bits per heavy atom. The van der Waals surface area contributed by atoms with Crippen molar-refractivity contribution in [2.75, 3.05) is 0 Å². The van der Waals surface area contributed by atoms with E-state index in [1.807, 2.05) is 25.2 Å². The summed E-state index contributed by atoms with van der Waals surface area (Å²) in [5.74, 6) is -2.32. The van der Waals surface area contributed by atoms with Gasteiger partial charge in [0.15, 0.2) is 0 Å². The highest BCUT2D eigenvalue weighted by Gasteiger charge is 2.24. The quantitative estimate of drug-likeness (QED) is 0.414. The topological polar surface area (TPSA) is 23.9 Å². The molecular formula is C29H31F2NS. The minimum Gasteiger partial charge on any atom is -0.300 e. The molecule has 0 spiro atoms. The number of benzene rings is 2. The summed E-state index contributed by atoms with van der Waals surface area (Å²) >= 11 is 1.73. The van der Waals surface area contributed by atoms with Crippen LogP contribution in [-0.2, 0) is 5.92 Å². The minimum atomic E-state index is -2.86. The van der Waals surface area contributed by atoms with Crippen LogP contribution in [0.25, 0.3) is 11.6 Å². The third kappa shape index (κ3) is 6.42. The van der Waals surface area contributed by atoms with Gasteiger partial charge in [0.2, 0.25) is 0 Å². The number of nitrogens with one attached hydrogen (secondary N) is 1. The average Bonchev–Trinajstić information content (AvgIpc) is 2.77. The fourth-order valence-corrected chi connectivity index (χ4v) is 5.09. The SMILES string of the molecule is C=Cc1ccc(C(CC(C)C)S/C=C2/C=C(c3ccc(C(C)(F)F)cc3)C(C)=CC2=N)cc1. The van der Waals surface area contributed by atoms with Gasteiger partial charge in [0.1, 0.15) is 0 Å². The molecule has 2 aromatic carbocycles. The second-order valence-electron chi connectivity index (χ2n) is 8.96. The summed E-state index contributed by atoms with van der Waals surface area (Å²) in [4.78, 5) is 0. The molecule has 33 heavy (non-hydrogen) atoms. The zero-order valence-corrected chi connectivity index (χ0v) is 20.5. The van der Waals surface area contributed by atoms with E-state index in [1.165, 1.54) is 17.7 Å². The summed E-state index contributed by atoms with van der Waals surface area (Å²) in [5, 5.41) is 10.8. The van der Waals surface area contributed by atoms with E-state index in [2.05, 4.69) is 50.1 Å². The smallest absolute Gasteiger partial charge is 0.270 e. The maximum absolute atomic E-state index is 13.6. The molecule has 172 valence electrons. The predicted octanol–water partition coefficient (Wildman–Crippen LogP) is 9.21. The fourth-order valence-electron chi connectivity index (χ4n) is 3.78. The van der Waals surface area contributed by atoms with Gasteiger partial charge in [-0.05, 0) is 64.7 Å². The number of halogens is 2. The van der Waals surface area contributed by atoms with Crippen molar-refractivity contribution in [2.24, 2.45) is 5.92 Å². The van der Waals surface area contributed by atoms with Crippen LogP contribution in [0.15, 0.2) is 83.8 Å². The van der Waals surface area contributed by atoms with Crippen molar-refractivity contribution in [1.29, 1.82) is 5.41 Å². The molecule has 0 radical (unpaired) electrons. The van der Waals surface area contributed by atoms with Gasteiger partial charge in [0.25, 0.3) is 5.92 Å². The van der Waals surface area contributed by atoms with Crippen LogP contribution in [-0.4, -0.2) is 5.71 Å². The van der Waals surface area contributed by atoms with E-state index in [0.717, 1.165) is 41.2 Å². The zero-order chi connectivity index (χ0) is 24.2. The van der Waals surface area contributed by atoms with Crippen molar-refractivity contribution in [2.45, 2.75) is 45.3 Å². The first-order valence-electron chi connectivity index (χ1n) is 11.1. The van der Waals surface area contributed by atoms with Gasteiger partial charge in [-0.1, -0.05) is 75.0 Å². The molecule has 0 heterocycles. The molecule has 3 rings (SSSR count). The van der Waals surface area contributed by atoms with Crippen molar-refractivity contribution in [1.82, 2.24) is 0 Å². The summed E-state index contributed by atoms with van der Waals surface area (Å²) in [6, 6.07) is 14.9. The van der Waals surface area contributed by atoms with Crippen LogP contribution in [0.2, 0.25) is 0 Å².